The van der Waals surface area contributed by atoms with E-state index in [1.165, 1.54) is 5.56 Å². The van der Waals surface area contributed by atoms with Crippen LogP contribution < -0.4 is 10.9 Å². The van der Waals surface area contributed by atoms with Crippen molar-refractivity contribution in [2.24, 2.45) is 0 Å². The molecular formula is C30H24ClN5O. The summed E-state index contributed by atoms with van der Waals surface area (Å²) in [6.45, 7) is 1.87. The molecule has 37 heavy (non-hydrogen) atoms. The van der Waals surface area contributed by atoms with Gasteiger partial charge in [-0.3, -0.25) is 9.78 Å². The largest absolute Gasteiger partial charge is 0.309 e. The summed E-state index contributed by atoms with van der Waals surface area (Å²) in [6.07, 6.45) is 9.35. The lowest BCUT2D eigenvalue weighted by Gasteiger charge is -2.09. The highest BCUT2D eigenvalue weighted by Gasteiger charge is 2.11. The molecule has 0 spiro atoms. The van der Waals surface area contributed by atoms with E-state index >= 15 is 0 Å². The van der Waals surface area contributed by atoms with E-state index in [1.54, 1.807) is 10.8 Å². The third kappa shape index (κ3) is 4.89. The summed E-state index contributed by atoms with van der Waals surface area (Å²) in [5.74, 6) is 0. The van der Waals surface area contributed by atoms with E-state index in [2.05, 4.69) is 22.6 Å². The van der Waals surface area contributed by atoms with E-state index in [1.807, 2.05) is 89.7 Å². The van der Waals surface area contributed by atoms with Gasteiger partial charge in [-0.2, -0.15) is 0 Å². The van der Waals surface area contributed by atoms with Crippen LogP contribution in [0, 0.1) is 0 Å². The van der Waals surface area contributed by atoms with Gasteiger partial charge in [0, 0.05) is 54.7 Å². The standard InChI is InChI=1S/C30H24ClN5O/c31-24-9-6-21(7-10-24)14-32-15-22-8-11-29-34-25(20-36(29)18-22)19-35-13-12-26-27(23-4-2-1-3-5-23)16-33-17-28(26)30(35)37/h1-13,16-18,20,32H,14-15,19H2. The maximum atomic E-state index is 13.3. The molecule has 0 aliphatic heterocycles. The lowest BCUT2D eigenvalue weighted by atomic mass is 10.0. The van der Waals surface area contributed by atoms with Crippen LogP contribution in [0.2, 0.25) is 5.02 Å². The number of benzene rings is 2. The van der Waals surface area contributed by atoms with Crippen molar-refractivity contribution < 1.29 is 0 Å². The van der Waals surface area contributed by atoms with Gasteiger partial charge in [0.15, 0.2) is 0 Å². The minimum Gasteiger partial charge on any atom is -0.309 e. The molecule has 0 aliphatic rings. The van der Waals surface area contributed by atoms with Crippen LogP contribution >= 0.6 is 11.6 Å². The van der Waals surface area contributed by atoms with Crippen molar-refractivity contribution in [3.63, 3.8) is 0 Å². The quantitative estimate of drug-likeness (QED) is 0.302. The SMILES string of the molecule is O=c1c2cncc(-c3ccccc3)c2ccn1Cc1cn2cc(CNCc3ccc(Cl)cc3)ccc2n1. The first-order valence-corrected chi connectivity index (χ1v) is 12.5. The number of hydrogen-bond acceptors (Lipinski definition) is 4. The Hall–Kier alpha value is -4.26. The maximum Gasteiger partial charge on any atom is 0.260 e. The minimum absolute atomic E-state index is 0.0769. The summed E-state index contributed by atoms with van der Waals surface area (Å²) >= 11 is 5.96. The summed E-state index contributed by atoms with van der Waals surface area (Å²) < 4.78 is 3.70. The zero-order chi connectivity index (χ0) is 25.2. The van der Waals surface area contributed by atoms with E-state index in [0.717, 1.165) is 51.5 Å². The van der Waals surface area contributed by atoms with Gasteiger partial charge in [-0.15, -0.1) is 0 Å². The number of imidazole rings is 1. The molecule has 2 aromatic carbocycles. The Bertz CT molecular complexity index is 1760. The Balaban J connectivity index is 1.21. The molecule has 4 aromatic heterocycles. The predicted octanol–water partition coefficient (Wildman–Crippen LogP) is 5.70. The van der Waals surface area contributed by atoms with Gasteiger partial charge in [0.05, 0.1) is 17.6 Å². The van der Waals surface area contributed by atoms with Gasteiger partial charge in [-0.25, -0.2) is 4.98 Å². The highest BCUT2D eigenvalue weighted by Crippen LogP contribution is 2.25. The van der Waals surface area contributed by atoms with Gasteiger partial charge in [0.2, 0.25) is 0 Å². The molecule has 182 valence electrons. The van der Waals surface area contributed by atoms with Crippen LogP contribution in [-0.4, -0.2) is 18.9 Å². The summed E-state index contributed by atoms with van der Waals surface area (Å²) in [5, 5.41) is 5.70. The molecule has 0 fully saturated rings. The van der Waals surface area contributed by atoms with Gasteiger partial charge >= 0.3 is 0 Å². The normalized spacial score (nSPS) is 11.4. The summed E-state index contributed by atoms with van der Waals surface area (Å²) in [4.78, 5) is 22.4. The van der Waals surface area contributed by atoms with Crippen molar-refractivity contribution in [1.82, 2.24) is 24.3 Å². The highest BCUT2D eigenvalue weighted by molar-refractivity contribution is 6.30. The van der Waals surface area contributed by atoms with E-state index in [4.69, 9.17) is 16.6 Å². The van der Waals surface area contributed by atoms with Crippen molar-refractivity contribution in [2.45, 2.75) is 19.6 Å². The number of halogens is 1. The predicted molar refractivity (Wildman–Crippen MR) is 148 cm³/mol. The topological polar surface area (TPSA) is 64.2 Å². The molecule has 0 unspecified atom stereocenters. The lowest BCUT2D eigenvalue weighted by molar-refractivity contribution is 0.690. The molecule has 0 aliphatic carbocycles. The molecule has 0 saturated carbocycles. The van der Waals surface area contributed by atoms with Gasteiger partial charge < -0.3 is 14.3 Å². The molecule has 0 saturated heterocycles. The molecule has 4 heterocycles. The average Bonchev–Trinajstić information content (AvgIpc) is 3.33. The number of rotatable bonds is 7. The zero-order valence-corrected chi connectivity index (χ0v) is 20.8. The number of hydrogen-bond donors (Lipinski definition) is 1. The van der Waals surface area contributed by atoms with E-state index < -0.39 is 0 Å². The molecule has 0 amide bonds. The fraction of sp³-hybridized carbons (Fsp3) is 0.100. The third-order valence-corrected chi connectivity index (χ3v) is 6.70. The van der Waals surface area contributed by atoms with E-state index in [-0.39, 0.29) is 5.56 Å². The number of fused-ring (bicyclic) bond motifs is 2. The number of pyridine rings is 3. The van der Waals surface area contributed by atoms with Crippen LogP contribution in [-0.2, 0) is 19.6 Å². The van der Waals surface area contributed by atoms with Crippen molar-refractivity contribution in [1.29, 1.82) is 0 Å². The van der Waals surface area contributed by atoms with Crippen LogP contribution in [0.1, 0.15) is 16.8 Å². The summed E-state index contributed by atoms with van der Waals surface area (Å²) in [6, 6.07) is 23.9. The fourth-order valence-corrected chi connectivity index (χ4v) is 4.70. The third-order valence-electron chi connectivity index (χ3n) is 6.45. The first-order chi connectivity index (χ1) is 18.1. The number of aromatic nitrogens is 4. The molecule has 0 radical (unpaired) electrons. The maximum absolute atomic E-state index is 13.3. The van der Waals surface area contributed by atoms with Crippen LogP contribution in [0.3, 0.4) is 0 Å². The van der Waals surface area contributed by atoms with Gasteiger partial charge in [-0.05, 0) is 46.3 Å². The highest BCUT2D eigenvalue weighted by atomic mass is 35.5. The Kier molecular flexibility index (Phi) is 6.26. The van der Waals surface area contributed by atoms with E-state index in [9.17, 15) is 4.79 Å². The molecule has 7 heteroatoms. The Morgan fingerprint density at radius 1 is 0.811 bits per heavy atom. The Labute approximate surface area is 218 Å². The lowest BCUT2D eigenvalue weighted by Crippen LogP contribution is -2.20. The summed E-state index contributed by atoms with van der Waals surface area (Å²) in [7, 11) is 0. The number of nitrogens with zero attached hydrogens (tertiary/aromatic N) is 4. The summed E-state index contributed by atoms with van der Waals surface area (Å²) in [5.41, 5.74) is 5.91. The smallest absolute Gasteiger partial charge is 0.260 e. The molecule has 6 aromatic rings. The second-order valence-electron chi connectivity index (χ2n) is 9.03. The van der Waals surface area contributed by atoms with Crippen LogP contribution in [0.5, 0.6) is 0 Å². The second kappa shape index (κ2) is 10.0. The molecule has 6 rings (SSSR count). The van der Waals surface area contributed by atoms with Crippen LogP contribution in [0.4, 0.5) is 0 Å². The van der Waals surface area contributed by atoms with Crippen molar-refractivity contribution in [3.05, 3.63) is 136 Å². The zero-order valence-electron chi connectivity index (χ0n) is 20.0. The first-order valence-electron chi connectivity index (χ1n) is 12.1. The molecule has 1 N–H and O–H groups in total. The first kappa shape index (κ1) is 23.2. The van der Waals surface area contributed by atoms with Crippen molar-refractivity contribution in [3.8, 4) is 11.1 Å². The van der Waals surface area contributed by atoms with Gasteiger partial charge in [0.1, 0.15) is 5.65 Å². The van der Waals surface area contributed by atoms with Gasteiger partial charge in [0.25, 0.3) is 5.56 Å². The number of nitrogens with one attached hydrogen (secondary N) is 1. The Morgan fingerprint density at radius 3 is 2.43 bits per heavy atom. The Morgan fingerprint density at radius 2 is 1.59 bits per heavy atom. The fourth-order valence-electron chi connectivity index (χ4n) is 4.58. The molecular weight excluding hydrogens is 482 g/mol. The average molecular weight is 506 g/mol. The second-order valence-corrected chi connectivity index (χ2v) is 9.46. The molecule has 0 bridgehead atoms. The van der Waals surface area contributed by atoms with E-state index in [0.29, 0.717) is 11.9 Å². The van der Waals surface area contributed by atoms with Crippen LogP contribution in [0.15, 0.2) is 109 Å². The molecule has 6 nitrogen and oxygen atoms in total. The minimum atomic E-state index is -0.0769. The monoisotopic (exact) mass is 505 g/mol. The van der Waals surface area contributed by atoms with Crippen molar-refractivity contribution in [2.75, 3.05) is 0 Å². The van der Waals surface area contributed by atoms with Crippen molar-refractivity contribution >= 4 is 28.0 Å². The molecule has 0 atom stereocenters. The van der Waals surface area contributed by atoms with Gasteiger partial charge in [-0.1, -0.05) is 60.1 Å². The van der Waals surface area contributed by atoms with Crippen LogP contribution in [0.25, 0.3) is 27.5 Å².